The van der Waals surface area contributed by atoms with Crippen molar-refractivity contribution in [1.82, 2.24) is 9.97 Å². The molecule has 0 amide bonds. The predicted molar refractivity (Wildman–Crippen MR) is 69.9 cm³/mol. The van der Waals surface area contributed by atoms with Gasteiger partial charge in [-0.1, -0.05) is 27.7 Å². The second-order valence-corrected chi connectivity index (χ2v) is 2.77. The van der Waals surface area contributed by atoms with Gasteiger partial charge in [-0.3, -0.25) is 0 Å². The van der Waals surface area contributed by atoms with Gasteiger partial charge in [0, 0.05) is 1.43 Å². The highest BCUT2D eigenvalue weighted by Crippen LogP contribution is 2.18. The Morgan fingerprint density at radius 1 is 1.47 bits per heavy atom. The highest BCUT2D eigenvalue weighted by Gasteiger charge is 2.05. The molecule has 1 heterocycles. The minimum Gasteiger partial charge on any atom is -0.380 e. The largest absolute Gasteiger partial charge is 0.380 e. The van der Waals surface area contributed by atoms with Gasteiger partial charge in [0.15, 0.2) is 5.82 Å². The number of aromatic nitrogens is 2. The van der Waals surface area contributed by atoms with Crippen LogP contribution < -0.4 is 5.73 Å². The Morgan fingerprint density at radius 2 is 2.00 bits per heavy atom. The molecule has 1 atom stereocenters. The molecule has 0 aliphatic rings. The lowest BCUT2D eigenvalue weighted by molar-refractivity contribution is 0.813. The van der Waals surface area contributed by atoms with E-state index >= 15 is 0 Å². The zero-order valence-electron chi connectivity index (χ0n) is 9.78. The van der Waals surface area contributed by atoms with E-state index in [1.165, 1.54) is 0 Å². The van der Waals surface area contributed by atoms with Gasteiger partial charge in [-0.25, -0.2) is 15.5 Å². The van der Waals surface area contributed by atoms with Gasteiger partial charge in [-0.2, -0.15) is 9.90 Å². The van der Waals surface area contributed by atoms with Crippen molar-refractivity contribution in [1.29, 1.82) is 5.53 Å². The van der Waals surface area contributed by atoms with E-state index in [1.807, 2.05) is 27.7 Å². The number of rotatable bonds is 2. The summed E-state index contributed by atoms with van der Waals surface area (Å²) in [6.07, 6.45) is 1.59. The molecule has 0 fully saturated rings. The number of hydrogen-bond donors (Lipinski definition) is 2. The minimum absolute atomic E-state index is 0. The average Bonchev–Trinajstić information content (AvgIpc) is 2.20. The van der Waals surface area contributed by atoms with Gasteiger partial charge in [-0.15, -0.1) is 5.11 Å². The molecule has 0 spiro atoms. The van der Waals surface area contributed by atoms with Gasteiger partial charge < -0.3 is 5.73 Å². The first kappa shape index (κ1) is 16.3. The maximum Gasteiger partial charge on any atom is 0.216 e. The number of anilines is 1. The summed E-state index contributed by atoms with van der Waals surface area (Å²) >= 11 is 0. The first-order valence-electron chi connectivity index (χ1n) is 4.65. The fourth-order valence-corrected chi connectivity index (χ4v) is 0.776. The first-order valence-corrected chi connectivity index (χ1v) is 4.65. The molecule has 0 radical (unpaired) electrons. The maximum atomic E-state index is 6.70. The smallest absolute Gasteiger partial charge is 0.216 e. The van der Waals surface area contributed by atoms with Crippen LogP contribution in [0.5, 0.6) is 0 Å². The lowest BCUT2D eigenvalue weighted by atomic mass is 10.1. The van der Waals surface area contributed by atoms with Crippen LogP contribution >= 0.6 is 9.90 Å². The molecule has 0 aromatic carbocycles. The van der Waals surface area contributed by atoms with Crippen LogP contribution in [0.4, 0.5) is 11.6 Å². The normalized spacial score (nSPS) is 8.60. The lowest BCUT2D eigenvalue weighted by Gasteiger charge is -2.04. The SMILES string of the molecule is CC.CC(C)c1cnc(N=N)c(N)n1.P.[HH]. The van der Waals surface area contributed by atoms with Crippen molar-refractivity contribution in [2.75, 3.05) is 5.73 Å². The summed E-state index contributed by atoms with van der Waals surface area (Å²) in [4.78, 5) is 7.92. The van der Waals surface area contributed by atoms with Gasteiger partial charge in [0.25, 0.3) is 0 Å². The van der Waals surface area contributed by atoms with Crippen LogP contribution in [0.15, 0.2) is 11.3 Å². The number of hydrogen-bond acceptors (Lipinski definition) is 5. The van der Waals surface area contributed by atoms with Gasteiger partial charge >= 0.3 is 0 Å². The monoisotopic (exact) mass is 231 g/mol. The molecular formula is C9H22N5P. The van der Waals surface area contributed by atoms with E-state index in [1.54, 1.807) is 6.20 Å². The Morgan fingerprint density at radius 3 is 2.33 bits per heavy atom. The second kappa shape index (κ2) is 8.24. The molecule has 0 aliphatic carbocycles. The van der Waals surface area contributed by atoms with Crippen LogP contribution in [-0.4, -0.2) is 9.97 Å². The third-order valence-corrected chi connectivity index (χ3v) is 1.50. The third kappa shape index (κ3) is 4.79. The fourth-order valence-electron chi connectivity index (χ4n) is 0.776. The summed E-state index contributed by atoms with van der Waals surface area (Å²) < 4.78 is 0. The summed E-state index contributed by atoms with van der Waals surface area (Å²) in [6.45, 7) is 8.00. The Hall–Kier alpha value is -1.09. The van der Waals surface area contributed by atoms with Crippen molar-refractivity contribution in [2.45, 2.75) is 33.6 Å². The minimum atomic E-state index is 0. The Balaban J connectivity index is -0.000000399. The third-order valence-electron chi connectivity index (χ3n) is 1.50. The molecule has 5 nitrogen and oxygen atoms in total. The Bertz CT molecular complexity index is 306. The van der Waals surface area contributed by atoms with Crippen LogP contribution in [0.3, 0.4) is 0 Å². The summed E-state index contributed by atoms with van der Waals surface area (Å²) in [6, 6.07) is 0. The standard InChI is InChI=1S/C7H11N5.C2H6.H3P.H2/c1-4(2)5-3-10-7(12-9)6(8)11-5;1-2;;/h3-4,9H,1-2H3,(H2,8,11);1-2H3;1H3;1H. The van der Waals surface area contributed by atoms with E-state index in [0.717, 1.165) is 5.69 Å². The van der Waals surface area contributed by atoms with Crippen LogP contribution in [0, 0.1) is 5.53 Å². The van der Waals surface area contributed by atoms with Crippen molar-refractivity contribution in [3.63, 3.8) is 0 Å². The van der Waals surface area contributed by atoms with Crippen molar-refractivity contribution < 1.29 is 1.43 Å². The Kier molecular flexibility index (Phi) is 8.98. The van der Waals surface area contributed by atoms with Crippen LogP contribution in [0.2, 0.25) is 0 Å². The average molecular weight is 231 g/mol. The van der Waals surface area contributed by atoms with Crippen molar-refractivity contribution >= 4 is 21.5 Å². The van der Waals surface area contributed by atoms with Crippen LogP contribution in [0.1, 0.15) is 40.7 Å². The molecule has 1 rings (SSSR count). The van der Waals surface area contributed by atoms with Gasteiger partial charge in [0.1, 0.15) is 0 Å². The number of nitrogens with one attached hydrogen (secondary N) is 1. The summed E-state index contributed by atoms with van der Waals surface area (Å²) in [5.41, 5.74) is 13.0. The molecule has 1 unspecified atom stereocenters. The molecule has 3 N–H and O–H groups in total. The van der Waals surface area contributed by atoms with Crippen molar-refractivity contribution in [3.05, 3.63) is 11.9 Å². The van der Waals surface area contributed by atoms with Gasteiger partial charge in [0.05, 0.1) is 11.9 Å². The number of nitrogen functional groups attached to an aromatic ring is 1. The van der Waals surface area contributed by atoms with Crippen LogP contribution in [-0.2, 0) is 0 Å². The fraction of sp³-hybridized carbons (Fsp3) is 0.556. The Labute approximate surface area is 95.5 Å². The highest BCUT2D eigenvalue weighted by atomic mass is 31.0. The zero-order valence-corrected chi connectivity index (χ0v) is 11.2. The second-order valence-electron chi connectivity index (χ2n) is 2.77. The molecule has 0 bridgehead atoms. The summed E-state index contributed by atoms with van der Waals surface area (Å²) in [5.74, 6) is 0.690. The van der Waals surface area contributed by atoms with Gasteiger partial charge in [-0.05, 0) is 5.92 Å². The van der Waals surface area contributed by atoms with E-state index in [0.29, 0.717) is 5.92 Å². The number of nitrogens with two attached hydrogens (primary N) is 1. The number of nitrogens with zero attached hydrogens (tertiary/aromatic N) is 3. The van der Waals surface area contributed by atoms with E-state index < -0.39 is 0 Å². The van der Waals surface area contributed by atoms with E-state index in [-0.39, 0.29) is 23.0 Å². The van der Waals surface area contributed by atoms with E-state index in [9.17, 15) is 0 Å². The lowest BCUT2D eigenvalue weighted by Crippen LogP contribution is -1.99. The molecule has 1 aromatic rings. The summed E-state index contributed by atoms with van der Waals surface area (Å²) in [5, 5.41) is 3.12. The highest BCUT2D eigenvalue weighted by molar-refractivity contribution is 6.92. The predicted octanol–water partition coefficient (Wildman–Crippen LogP) is 3.17. The topological polar surface area (TPSA) is 88.0 Å². The van der Waals surface area contributed by atoms with E-state index in [4.69, 9.17) is 11.3 Å². The quantitative estimate of drug-likeness (QED) is 0.605. The van der Waals surface area contributed by atoms with E-state index in [2.05, 4.69) is 15.1 Å². The molecule has 0 aliphatic heterocycles. The zero-order chi connectivity index (χ0) is 11.1. The first-order chi connectivity index (χ1) is 6.65. The molecule has 6 heteroatoms. The maximum absolute atomic E-state index is 6.70. The van der Waals surface area contributed by atoms with Gasteiger partial charge in [0.2, 0.25) is 5.82 Å². The molecule has 0 saturated heterocycles. The molecule has 88 valence electrons. The summed E-state index contributed by atoms with van der Waals surface area (Å²) in [7, 11) is 0. The van der Waals surface area contributed by atoms with Crippen molar-refractivity contribution in [3.8, 4) is 0 Å². The molecular weight excluding hydrogens is 209 g/mol. The molecule has 1 aromatic heterocycles. The molecule has 0 saturated carbocycles. The molecule has 15 heavy (non-hydrogen) atoms. The van der Waals surface area contributed by atoms with Crippen molar-refractivity contribution in [2.24, 2.45) is 5.11 Å². The van der Waals surface area contributed by atoms with Crippen LogP contribution in [0.25, 0.3) is 0 Å².